The van der Waals surface area contributed by atoms with Gasteiger partial charge >= 0.3 is 6.03 Å². The van der Waals surface area contributed by atoms with Crippen molar-refractivity contribution in [2.24, 2.45) is 5.41 Å². The van der Waals surface area contributed by atoms with Crippen molar-refractivity contribution in [1.29, 1.82) is 0 Å². The first-order chi connectivity index (χ1) is 11.6. The monoisotopic (exact) mass is 332 g/mol. The van der Waals surface area contributed by atoms with Crippen molar-refractivity contribution in [2.45, 2.75) is 44.8 Å². The molecule has 5 nitrogen and oxygen atoms in total. The lowest BCUT2D eigenvalue weighted by Gasteiger charge is -2.36. The second-order valence-electron chi connectivity index (χ2n) is 7.33. The number of aliphatic hydroxyl groups is 1. The number of nitrogens with zero attached hydrogens (tertiary/aromatic N) is 1. The molecule has 2 N–H and O–H groups in total. The predicted molar refractivity (Wildman–Crippen MR) is 92.8 cm³/mol. The summed E-state index contributed by atoms with van der Waals surface area (Å²) in [5.41, 5.74) is 1.56. The lowest BCUT2D eigenvalue weighted by atomic mass is 9.96. The van der Waals surface area contributed by atoms with E-state index >= 15 is 0 Å². The molecule has 1 aromatic carbocycles. The zero-order valence-corrected chi connectivity index (χ0v) is 14.4. The van der Waals surface area contributed by atoms with Crippen LogP contribution in [0.3, 0.4) is 0 Å². The van der Waals surface area contributed by atoms with Gasteiger partial charge in [0.25, 0.3) is 0 Å². The Morgan fingerprint density at radius 3 is 2.83 bits per heavy atom. The van der Waals surface area contributed by atoms with E-state index in [1.807, 2.05) is 11.0 Å². The van der Waals surface area contributed by atoms with Gasteiger partial charge in [-0.2, -0.15) is 0 Å². The van der Waals surface area contributed by atoms with Gasteiger partial charge in [-0.1, -0.05) is 30.3 Å². The molecular formula is C19H28N2O3. The highest BCUT2D eigenvalue weighted by Gasteiger charge is 2.43. The average molecular weight is 332 g/mol. The van der Waals surface area contributed by atoms with E-state index in [4.69, 9.17) is 4.74 Å². The Hall–Kier alpha value is -1.59. The van der Waals surface area contributed by atoms with Gasteiger partial charge in [0.05, 0.1) is 25.4 Å². The summed E-state index contributed by atoms with van der Waals surface area (Å²) in [5, 5.41) is 12.8. The molecule has 2 aliphatic rings. The molecule has 1 aliphatic carbocycles. The van der Waals surface area contributed by atoms with Gasteiger partial charge in [0.15, 0.2) is 0 Å². The Morgan fingerprint density at radius 2 is 2.17 bits per heavy atom. The van der Waals surface area contributed by atoms with Crippen molar-refractivity contribution in [3.63, 3.8) is 0 Å². The highest BCUT2D eigenvalue weighted by atomic mass is 16.5. The molecule has 0 aromatic heterocycles. The molecular weight excluding hydrogens is 304 g/mol. The van der Waals surface area contributed by atoms with E-state index in [9.17, 15) is 9.90 Å². The molecule has 5 heteroatoms. The Kier molecular flexibility index (Phi) is 5.41. The van der Waals surface area contributed by atoms with E-state index in [2.05, 4.69) is 29.6 Å². The van der Waals surface area contributed by atoms with Crippen molar-refractivity contribution in [1.82, 2.24) is 10.2 Å². The largest absolute Gasteiger partial charge is 0.393 e. The summed E-state index contributed by atoms with van der Waals surface area (Å²) < 4.78 is 5.47. The zero-order chi connectivity index (χ0) is 17.0. The van der Waals surface area contributed by atoms with Crippen molar-refractivity contribution >= 4 is 6.03 Å². The van der Waals surface area contributed by atoms with E-state index < -0.39 is 6.10 Å². The van der Waals surface area contributed by atoms with Gasteiger partial charge in [-0.25, -0.2) is 4.79 Å². The van der Waals surface area contributed by atoms with E-state index in [1.54, 1.807) is 6.92 Å². The molecule has 132 valence electrons. The molecule has 0 spiro atoms. The Bertz CT molecular complexity index is 543. The number of nitrogens with one attached hydrogen (secondary N) is 1. The maximum absolute atomic E-state index is 12.6. The third-order valence-electron chi connectivity index (χ3n) is 5.10. The summed E-state index contributed by atoms with van der Waals surface area (Å²) in [7, 11) is 0. The van der Waals surface area contributed by atoms with Gasteiger partial charge in [0.2, 0.25) is 0 Å². The van der Waals surface area contributed by atoms with E-state index in [0.29, 0.717) is 26.2 Å². The zero-order valence-electron chi connectivity index (χ0n) is 14.4. The molecule has 24 heavy (non-hydrogen) atoms. The number of urea groups is 1. The topological polar surface area (TPSA) is 61.8 Å². The molecule has 1 saturated heterocycles. The summed E-state index contributed by atoms with van der Waals surface area (Å²) in [5.74, 6) is 0. The number of hydrogen-bond acceptors (Lipinski definition) is 3. The molecule has 3 rings (SSSR count). The molecule has 1 aliphatic heterocycles. The van der Waals surface area contributed by atoms with Gasteiger partial charge in [-0.3, -0.25) is 0 Å². The molecule has 0 radical (unpaired) electrons. The third-order valence-corrected chi connectivity index (χ3v) is 5.10. The fourth-order valence-electron chi connectivity index (χ4n) is 3.50. The SMILES string of the molecule is C[C@H](O)C[C@@H]1COCCN1C(=O)NCC1(Cc2ccccc2)CC1. The number of ether oxygens (including phenoxy) is 1. The first kappa shape index (κ1) is 17.2. The fourth-order valence-corrected chi connectivity index (χ4v) is 3.50. The van der Waals surface area contributed by atoms with Crippen LogP contribution in [0.1, 0.15) is 31.7 Å². The van der Waals surface area contributed by atoms with Crippen molar-refractivity contribution < 1.29 is 14.6 Å². The lowest BCUT2D eigenvalue weighted by molar-refractivity contribution is -0.00451. The molecule has 2 atom stereocenters. The van der Waals surface area contributed by atoms with Crippen LogP contribution in [0.25, 0.3) is 0 Å². The molecule has 0 unspecified atom stereocenters. The summed E-state index contributed by atoms with van der Waals surface area (Å²) >= 11 is 0. The van der Waals surface area contributed by atoms with E-state index in [0.717, 1.165) is 13.0 Å². The maximum Gasteiger partial charge on any atom is 0.317 e. The number of morpholine rings is 1. The quantitative estimate of drug-likeness (QED) is 0.839. The highest BCUT2D eigenvalue weighted by Crippen LogP contribution is 2.47. The Morgan fingerprint density at radius 1 is 1.42 bits per heavy atom. The summed E-state index contributed by atoms with van der Waals surface area (Å²) in [6.07, 6.45) is 3.49. The smallest absolute Gasteiger partial charge is 0.317 e. The summed E-state index contributed by atoms with van der Waals surface area (Å²) in [6.45, 7) is 4.14. The van der Waals surface area contributed by atoms with Crippen LogP contribution in [0, 0.1) is 5.41 Å². The third kappa shape index (κ3) is 4.48. The van der Waals surface area contributed by atoms with Crippen LogP contribution >= 0.6 is 0 Å². The standard InChI is InChI=1S/C19H28N2O3/c1-15(22)11-17-13-24-10-9-21(17)18(23)20-14-19(7-8-19)12-16-5-3-2-4-6-16/h2-6,15,17,22H,7-14H2,1H3,(H,20,23)/t15-,17+/m0/s1. The minimum atomic E-state index is -0.431. The average Bonchev–Trinajstić information content (AvgIpc) is 3.33. The van der Waals surface area contributed by atoms with Crippen LogP contribution in [0.15, 0.2) is 30.3 Å². The highest BCUT2D eigenvalue weighted by molar-refractivity contribution is 5.74. The molecule has 1 aromatic rings. The molecule has 1 saturated carbocycles. The molecule has 2 fully saturated rings. The van der Waals surface area contributed by atoms with Crippen molar-refractivity contribution in [2.75, 3.05) is 26.3 Å². The van der Waals surface area contributed by atoms with E-state index in [-0.39, 0.29) is 17.5 Å². The Balaban J connectivity index is 1.52. The van der Waals surface area contributed by atoms with Crippen LogP contribution in [-0.2, 0) is 11.2 Å². The van der Waals surface area contributed by atoms with Crippen LogP contribution in [0.4, 0.5) is 4.79 Å². The van der Waals surface area contributed by atoms with Gasteiger partial charge in [0.1, 0.15) is 0 Å². The van der Waals surface area contributed by atoms with E-state index in [1.165, 1.54) is 18.4 Å². The number of carbonyl (C=O) groups excluding carboxylic acids is 1. The number of rotatable bonds is 6. The summed E-state index contributed by atoms with van der Waals surface area (Å²) in [6, 6.07) is 10.4. The molecule has 0 bridgehead atoms. The van der Waals surface area contributed by atoms with Crippen molar-refractivity contribution in [3.05, 3.63) is 35.9 Å². The first-order valence-electron chi connectivity index (χ1n) is 8.92. The fraction of sp³-hybridized carbons (Fsp3) is 0.632. The minimum absolute atomic E-state index is 0.0247. The predicted octanol–water partition coefficient (Wildman–Crippen LogP) is 2.19. The number of benzene rings is 1. The lowest BCUT2D eigenvalue weighted by Crippen LogP contribution is -2.54. The molecule has 2 amide bonds. The Labute approximate surface area is 144 Å². The van der Waals surface area contributed by atoms with Crippen LogP contribution in [0.2, 0.25) is 0 Å². The number of carbonyl (C=O) groups is 1. The van der Waals surface area contributed by atoms with Gasteiger partial charge < -0.3 is 20.1 Å². The van der Waals surface area contributed by atoms with Crippen LogP contribution < -0.4 is 5.32 Å². The van der Waals surface area contributed by atoms with Gasteiger partial charge in [0, 0.05) is 13.1 Å². The number of hydrogen-bond donors (Lipinski definition) is 2. The number of aliphatic hydroxyl groups excluding tert-OH is 1. The maximum atomic E-state index is 12.6. The molecule has 1 heterocycles. The minimum Gasteiger partial charge on any atom is -0.393 e. The van der Waals surface area contributed by atoms with Gasteiger partial charge in [-0.05, 0) is 43.6 Å². The normalized spacial score (nSPS) is 23.6. The summed E-state index contributed by atoms with van der Waals surface area (Å²) in [4.78, 5) is 14.4. The first-order valence-corrected chi connectivity index (χ1v) is 8.92. The van der Waals surface area contributed by atoms with Crippen molar-refractivity contribution in [3.8, 4) is 0 Å². The second kappa shape index (κ2) is 7.53. The number of amides is 2. The van der Waals surface area contributed by atoms with Crippen LogP contribution in [-0.4, -0.2) is 54.5 Å². The van der Waals surface area contributed by atoms with Crippen LogP contribution in [0.5, 0.6) is 0 Å². The van der Waals surface area contributed by atoms with Gasteiger partial charge in [-0.15, -0.1) is 0 Å². The second-order valence-corrected chi connectivity index (χ2v) is 7.33.